The van der Waals surface area contributed by atoms with Crippen LogP contribution in [0.2, 0.25) is 0 Å². The summed E-state index contributed by atoms with van der Waals surface area (Å²) in [5, 5.41) is 6.79. The Balaban J connectivity index is 1.91. The van der Waals surface area contributed by atoms with E-state index in [2.05, 4.69) is 84.5 Å². The molecule has 0 radical (unpaired) electrons. The van der Waals surface area contributed by atoms with Crippen LogP contribution in [0.1, 0.15) is 46.6 Å². The minimum atomic E-state index is 0.133. The summed E-state index contributed by atoms with van der Waals surface area (Å²) in [4.78, 5) is 13.5. The van der Waals surface area contributed by atoms with Gasteiger partial charge in [-0.2, -0.15) is 4.98 Å². The van der Waals surface area contributed by atoms with Gasteiger partial charge in [0.15, 0.2) is 0 Å². The van der Waals surface area contributed by atoms with Gasteiger partial charge in [0.25, 0.3) is 0 Å². The lowest BCUT2D eigenvalue weighted by molar-refractivity contribution is 0.590. The van der Waals surface area contributed by atoms with E-state index in [0.717, 1.165) is 29.2 Å². The topological polar surface area (TPSA) is 62.7 Å². The predicted octanol–water partition coefficient (Wildman–Crippen LogP) is 5.79. The van der Waals surface area contributed by atoms with Crippen molar-refractivity contribution in [2.45, 2.75) is 52.5 Å². The van der Waals surface area contributed by atoms with E-state index in [1.54, 1.807) is 6.20 Å². The molecule has 3 rings (SSSR count). The zero-order chi connectivity index (χ0) is 20.1. The van der Waals surface area contributed by atoms with Crippen LogP contribution in [0, 0.1) is 0 Å². The second kappa shape index (κ2) is 8.38. The molecule has 1 atom stereocenters. The summed E-state index contributed by atoms with van der Waals surface area (Å²) in [6.45, 7) is 10.9. The smallest absolute Gasteiger partial charge is 0.225 e. The van der Waals surface area contributed by atoms with Crippen molar-refractivity contribution in [2.24, 2.45) is 0 Å². The molecular formula is C23H29N5. The standard InChI is InChI=1S/C23H29N5/c1-6-16(2)25-22-27-20(17-8-7-13-24-15-17)14-21(28-22)26-19-11-9-18(10-12-19)23(3,4)5/h7-16H,6H2,1-5H3,(H2,25,26,27,28)/t16-/m1/s1. The van der Waals surface area contributed by atoms with E-state index < -0.39 is 0 Å². The molecule has 0 aliphatic rings. The highest BCUT2D eigenvalue weighted by atomic mass is 15.2. The second-order valence-electron chi connectivity index (χ2n) is 8.11. The minimum Gasteiger partial charge on any atom is -0.352 e. The molecule has 0 aliphatic heterocycles. The largest absolute Gasteiger partial charge is 0.352 e. The number of benzene rings is 1. The normalized spacial score (nSPS) is 12.5. The van der Waals surface area contributed by atoms with Gasteiger partial charge in [0.1, 0.15) is 5.82 Å². The first-order chi connectivity index (χ1) is 13.3. The molecule has 2 N–H and O–H groups in total. The number of rotatable bonds is 6. The zero-order valence-electron chi connectivity index (χ0n) is 17.3. The maximum Gasteiger partial charge on any atom is 0.225 e. The molecule has 1 aromatic carbocycles. The van der Waals surface area contributed by atoms with Crippen LogP contribution in [0.5, 0.6) is 0 Å². The quantitative estimate of drug-likeness (QED) is 0.571. The van der Waals surface area contributed by atoms with Gasteiger partial charge in [-0.15, -0.1) is 0 Å². The highest BCUT2D eigenvalue weighted by molar-refractivity contribution is 5.67. The first-order valence-corrected chi connectivity index (χ1v) is 9.78. The number of pyridine rings is 1. The van der Waals surface area contributed by atoms with Gasteiger partial charge in [-0.05, 0) is 48.6 Å². The van der Waals surface area contributed by atoms with Crippen molar-refractivity contribution in [1.29, 1.82) is 0 Å². The van der Waals surface area contributed by atoms with Gasteiger partial charge in [0.05, 0.1) is 5.69 Å². The lowest BCUT2D eigenvalue weighted by Gasteiger charge is -2.19. The Morgan fingerprint density at radius 3 is 2.39 bits per heavy atom. The van der Waals surface area contributed by atoms with Crippen molar-refractivity contribution in [1.82, 2.24) is 15.0 Å². The van der Waals surface area contributed by atoms with E-state index in [1.807, 2.05) is 24.4 Å². The fourth-order valence-corrected chi connectivity index (χ4v) is 2.76. The molecule has 0 spiro atoms. The third-order valence-electron chi connectivity index (χ3n) is 4.69. The van der Waals surface area contributed by atoms with Gasteiger partial charge in [0.2, 0.25) is 5.95 Å². The fraction of sp³-hybridized carbons (Fsp3) is 0.348. The third kappa shape index (κ3) is 5.06. The van der Waals surface area contributed by atoms with E-state index >= 15 is 0 Å². The second-order valence-corrected chi connectivity index (χ2v) is 8.11. The number of aromatic nitrogens is 3. The maximum atomic E-state index is 4.68. The molecule has 0 saturated heterocycles. The lowest BCUT2D eigenvalue weighted by Crippen LogP contribution is -2.16. The Hall–Kier alpha value is -2.95. The van der Waals surface area contributed by atoms with Crippen molar-refractivity contribution in [3.63, 3.8) is 0 Å². The third-order valence-corrected chi connectivity index (χ3v) is 4.69. The molecule has 2 heterocycles. The maximum absolute atomic E-state index is 4.68. The van der Waals surface area contributed by atoms with Crippen LogP contribution in [-0.4, -0.2) is 21.0 Å². The fourth-order valence-electron chi connectivity index (χ4n) is 2.76. The summed E-state index contributed by atoms with van der Waals surface area (Å²) >= 11 is 0. The van der Waals surface area contributed by atoms with E-state index in [1.165, 1.54) is 5.56 Å². The monoisotopic (exact) mass is 375 g/mol. The van der Waals surface area contributed by atoms with Gasteiger partial charge in [-0.1, -0.05) is 39.8 Å². The highest BCUT2D eigenvalue weighted by Gasteiger charge is 2.13. The Morgan fingerprint density at radius 1 is 1.04 bits per heavy atom. The molecule has 28 heavy (non-hydrogen) atoms. The molecule has 3 aromatic rings. The van der Waals surface area contributed by atoms with Crippen molar-refractivity contribution >= 4 is 17.5 Å². The van der Waals surface area contributed by atoms with Crippen molar-refractivity contribution in [3.05, 3.63) is 60.4 Å². The van der Waals surface area contributed by atoms with E-state index in [9.17, 15) is 0 Å². The molecule has 0 unspecified atom stereocenters. The molecule has 0 aliphatic carbocycles. The number of anilines is 3. The molecule has 0 fully saturated rings. The van der Waals surface area contributed by atoms with Gasteiger partial charge >= 0.3 is 0 Å². The van der Waals surface area contributed by atoms with E-state index in [4.69, 9.17) is 0 Å². The summed E-state index contributed by atoms with van der Waals surface area (Å²) in [6.07, 6.45) is 4.58. The van der Waals surface area contributed by atoms with Gasteiger partial charge in [-0.25, -0.2) is 4.98 Å². The molecule has 0 saturated carbocycles. The summed E-state index contributed by atoms with van der Waals surface area (Å²) in [7, 11) is 0. The first kappa shape index (κ1) is 19.8. The van der Waals surface area contributed by atoms with Crippen molar-refractivity contribution in [3.8, 4) is 11.3 Å². The van der Waals surface area contributed by atoms with Crippen molar-refractivity contribution in [2.75, 3.05) is 10.6 Å². The SMILES string of the molecule is CC[C@@H](C)Nc1nc(Nc2ccc(C(C)(C)C)cc2)cc(-c2cccnc2)n1. The molecule has 146 valence electrons. The summed E-state index contributed by atoms with van der Waals surface area (Å²) in [5.41, 5.74) is 4.23. The summed E-state index contributed by atoms with van der Waals surface area (Å²) < 4.78 is 0. The molecule has 2 aromatic heterocycles. The van der Waals surface area contributed by atoms with Crippen LogP contribution >= 0.6 is 0 Å². The summed E-state index contributed by atoms with van der Waals surface area (Å²) in [5.74, 6) is 1.37. The average molecular weight is 376 g/mol. The minimum absolute atomic E-state index is 0.133. The van der Waals surface area contributed by atoms with Crippen LogP contribution < -0.4 is 10.6 Å². The van der Waals surface area contributed by atoms with E-state index in [0.29, 0.717) is 12.0 Å². The highest BCUT2D eigenvalue weighted by Crippen LogP contribution is 2.26. The number of nitrogens with zero attached hydrogens (tertiary/aromatic N) is 3. The van der Waals surface area contributed by atoms with Crippen LogP contribution in [-0.2, 0) is 5.41 Å². The lowest BCUT2D eigenvalue weighted by atomic mass is 9.87. The van der Waals surface area contributed by atoms with Crippen LogP contribution in [0.3, 0.4) is 0 Å². The Morgan fingerprint density at radius 2 is 1.79 bits per heavy atom. The number of hydrogen-bond acceptors (Lipinski definition) is 5. The van der Waals surface area contributed by atoms with Crippen LogP contribution in [0.15, 0.2) is 54.9 Å². The Labute approximate surface area is 167 Å². The molecule has 5 nitrogen and oxygen atoms in total. The summed E-state index contributed by atoms with van der Waals surface area (Å²) in [6, 6.07) is 14.7. The van der Waals surface area contributed by atoms with Gasteiger partial charge in [0, 0.05) is 35.8 Å². The van der Waals surface area contributed by atoms with Gasteiger partial charge < -0.3 is 10.6 Å². The molecule has 0 bridgehead atoms. The predicted molar refractivity (Wildman–Crippen MR) is 117 cm³/mol. The van der Waals surface area contributed by atoms with Crippen LogP contribution in [0.4, 0.5) is 17.5 Å². The molecule has 5 heteroatoms. The average Bonchev–Trinajstić information content (AvgIpc) is 2.68. The van der Waals surface area contributed by atoms with Crippen LogP contribution in [0.25, 0.3) is 11.3 Å². The van der Waals surface area contributed by atoms with Crippen molar-refractivity contribution < 1.29 is 0 Å². The van der Waals surface area contributed by atoms with Gasteiger partial charge in [-0.3, -0.25) is 4.98 Å². The number of hydrogen-bond donors (Lipinski definition) is 2. The molecular weight excluding hydrogens is 346 g/mol. The van der Waals surface area contributed by atoms with E-state index in [-0.39, 0.29) is 5.41 Å². The Kier molecular flexibility index (Phi) is 5.93. The first-order valence-electron chi connectivity index (χ1n) is 9.78. The number of nitrogens with one attached hydrogen (secondary N) is 2. The zero-order valence-corrected chi connectivity index (χ0v) is 17.3. The molecule has 0 amide bonds. The Bertz CT molecular complexity index is 899.